The molecule has 0 fully saturated rings. The molecule has 0 radical (unpaired) electrons. The molecule has 6 aromatic rings. The Hall–Kier alpha value is -3.70. The van der Waals surface area contributed by atoms with Crippen LogP contribution in [-0.4, -0.2) is 71.3 Å². The standard InChI is InChI=1S/C38H28N8O16S4.4Na/c47-43(33-15-19-35(20-16-33)63(51,52)53)39-27-7-11-31(12-8-27)45(49)41-29-5-3-25(37(23-29)65(57,58)59)1-2-26-4-6-30(24-38(26)66(60,61)62)42-46(50)32-13-9-28(10-14-32)40-44(48)34-17-21-36(22-18-34)64(54,55)56;;;;/h1-24H,(H,51,52,53)(H,54,55,56)(H,57,58,59)(H,60,61,62);;;;/q;4*+1/p-4/b2-1+,43-39?,44-40?,45-41?,46-42?;;;;. The van der Waals surface area contributed by atoms with Gasteiger partial charge in [0.15, 0.2) is 0 Å². The Morgan fingerprint density at radius 1 is 0.329 bits per heavy atom. The van der Waals surface area contributed by atoms with Crippen molar-refractivity contribution < 1.29 is 190 Å². The number of nitrogens with zero attached hydrogens (tertiary/aromatic N) is 8. The molecule has 0 atom stereocenters. The van der Waals surface area contributed by atoms with Gasteiger partial charge >= 0.3 is 118 Å². The summed E-state index contributed by atoms with van der Waals surface area (Å²) in [5.74, 6) is 0. The van der Waals surface area contributed by atoms with E-state index in [0.717, 1.165) is 97.1 Å². The van der Waals surface area contributed by atoms with Crippen LogP contribution in [-0.2, 0) is 40.5 Å². The van der Waals surface area contributed by atoms with Gasteiger partial charge in [0.05, 0.1) is 19.6 Å². The van der Waals surface area contributed by atoms with Gasteiger partial charge in [-0.3, -0.25) is 0 Å². The van der Waals surface area contributed by atoms with E-state index in [9.17, 15) is 72.7 Å². The summed E-state index contributed by atoms with van der Waals surface area (Å²) in [5.41, 5.74) is -1.73. The first-order chi connectivity index (χ1) is 30.8. The van der Waals surface area contributed by atoms with E-state index in [1.807, 2.05) is 0 Å². The van der Waals surface area contributed by atoms with Crippen LogP contribution in [0.25, 0.3) is 12.2 Å². The van der Waals surface area contributed by atoms with Gasteiger partial charge in [0.2, 0.25) is 22.7 Å². The SMILES string of the molecule is O=S(=O)([O-])c1ccc([N+]([O-])=Nc2ccc([N+]([O-])=Nc3ccc(/C=C/c4ccc(N=[N+]([O-])c5ccc(N=[N+]([O-])c6ccc(S(=O)(=O)[O-])cc6)cc5)cc4S(=O)(=O)[O-])c(S(=O)(=O)[O-])c3)cc2)cc1.[Na+].[Na+].[Na+].[Na+]. The topological polar surface area (TPSA) is 383 Å². The van der Waals surface area contributed by atoms with Gasteiger partial charge in [-0.15, -0.1) is 0 Å². The van der Waals surface area contributed by atoms with Crippen LogP contribution in [0.4, 0.5) is 45.5 Å². The fraction of sp³-hybridized carbons (Fsp3) is 0. The van der Waals surface area contributed by atoms with E-state index in [-0.39, 0.29) is 194 Å². The summed E-state index contributed by atoms with van der Waals surface area (Å²) >= 11 is 0. The summed E-state index contributed by atoms with van der Waals surface area (Å²) in [6.07, 6.45) is 1.99. The van der Waals surface area contributed by atoms with Crippen molar-refractivity contribution in [2.75, 3.05) is 0 Å². The van der Waals surface area contributed by atoms with E-state index in [2.05, 4.69) is 20.5 Å². The molecule has 24 nitrogen and oxygen atoms in total. The van der Waals surface area contributed by atoms with E-state index in [1.165, 1.54) is 48.5 Å². The van der Waals surface area contributed by atoms with Gasteiger partial charge in [0.25, 0.3) is 0 Å². The maximum absolute atomic E-state index is 12.8. The van der Waals surface area contributed by atoms with E-state index in [0.29, 0.717) is 0 Å². The average molecular weight is 1070 g/mol. The Balaban J connectivity index is 0.00000420. The summed E-state index contributed by atoms with van der Waals surface area (Å²) in [4.78, 5) is -2.54. The average Bonchev–Trinajstić information content (AvgIpc) is 3.25. The maximum Gasteiger partial charge on any atom is 1.00 e. The number of hydrogen-bond acceptors (Lipinski definition) is 20. The van der Waals surface area contributed by atoms with Crippen LogP contribution >= 0.6 is 0 Å². The Morgan fingerprint density at radius 3 is 0.800 bits per heavy atom. The zero-order chi connectivity index (χ0) is 48.2. The third-order valence-corrected chi connectivity index (χ3v) is 12.1. The number of azo groups is 4. The molecule has 0 heterocycles. The second kappa shape index (κ2) is 25.8. The van der Waals surface area contributed by atoms with E-state index in [4.69, 9.17) is 0 Å². The molecule has 0 N–H and O–H groups in total. The Bertz CT molecular complexity index is 3270. The Labute approximate surface area is 487 Å². The zero-order valence-electron chi connectivity index (χ0n) is 36.6. The van der Waals surface area contributed by atoms with Gasteiger partial charge < -0.3 is 39.0 Å². The number of benzene rings is 6. The van der Waals surface area contributed by atoms with Gasteiger partial charge in [-0.2, -0.15) is 0 Å². The fourth-order valence-electron chi connectivity index (χ4n) is 5.48. The van der Waals surface area contributed by atoms with Gasteiger partial charge in [-0.05, 0) is 83.9 Å². The molecule has 340 valence electrons. The molecule has 0 saturated carbocycles. The summed E-state index contributed by atoms with van der Waals surface area (Å²) < 4.78 is 140. The number of rotatable bonds is 14. The van der Waals surface area contributed by atoms with Gasteiger partial charge in [-0.1, -0.05) is 43.7 Å². The van der Waals surface area contributed by atoms with Gasteiger partial charge in [0, 0.05) is 69.0 Å². The molecule has 0 aromatic heterocycles. The van der Waals surface area contributed by atoms with Crippen LogP contribution in [0.3, 0.4) is 0 Å². The van der Waals surface area contributed by atoms with Crippen LogP contribution in [0.5, 0.6) is 0 Å². The molecular formula is C38H24N8Na4O16S4. The van der Waals surface area contributed by atoms with Crippen molar-refractivity contribution in [3.63, 3.8) is 0 Å². The van der Waals surface area contributed by atoms with Gasteiger partial charge in [0.1, 0.15) is 63.2 Å². The van der Waals surface area contributed by atoms with Crippen LogP contribution in [0, 0.1) is 20.8 Å². The fourth-order valence-corrected chi connectivity index (χ4v) is 7.80. The third kappa shape index (κ3) is 16.9. The van der Waals surface area contributed by atoms with Crippen LogP contribution in [0.15, 0.2) is 173 Å². The summed E-state index contributed by atoms with van der Waals surface area (Å²) in [5, 5.41) is 65.5. The number of hydrogen-bond donors (Lipinski definition) is 0. The first kappa shape index (κ1) is 62.4. The first-order valence-electron chi connectivity index (χ1n) is 17.8. The van der Waals surface area contributed by atoms with Crippen molar-refractivity contribution in [3.05, 3.63) is 165 Å². The molecule has 0 aliphatic heterocycles. The summed E-state index contributed by atoms with van der Waals surface area (Å²) in [6.45, 7) is 0. The smallest absolute Gasteiger partial charge is 0.744 e. The quantitative estimate of drug-likeness (QED) is 0.0247. The van der Waals surface area contributed by atoms with Gasteiger partial charge in [-0.25, -0.2) is 33.7 Å². The zero-order valence-corrected chi connectivity index (χ0v) is 47.9. The molecule has 32 heteroatoms. The van der Waals surface area contributed by atoms with Crippen LogP contribution in [0.1, 0.15) is 11.1 Å². The van der Waals surface area contributed by atoms with Crippen molar-refractivity contribution in [3.8, 4) is 0 Å². The summed E-state index contributed by atoms with van der Waals surface area (Å²) in [6, 6.07) is 23.5. The van der Waals surface area contributed by atoms with Crippen molar-refractivity contribution in [2.45, 2.75) is 19.6 Å². The second-order valence-corrected chi connectivity index (χ2v) is 18.6. The molecule has 0 aliphatic carbocycles. The molecule has 6 aromatic carbocycles. The minimum Gasteiger partial charge on any atom is -0.744 e. The molecular weight excluding hydrogens is 1040 g/mol. The van der Waals surface area contributed by atoms with Crippen molar-refractivity contribution in [1.29, 1.82) is 0 Å². The predicted octanol–water partition coefficient (Wildman–Crippen LogP) is -4.81. The van der Waals surface area contributed by atoms with Crippen LogP contribution < -0.4 is 118 Å². The molecule has 70 heavy (non-hydrogen) atoms. The van der Waals surface area contributed by atoms with Crippen LogP contribution in [0.2, 0.25) is 0 Å². The van der Waals surface area contributed by atoms with E-state index in [1.54, 1.807) is 0 Å². The largest absolute Gasteiger partial charge is 1.00 e. The molecule has 0 bridgehead atoms. The molecule has 6 rings (SSSR count). The molecule has 0 saturated heterocycles. The Morgan fingerprint density at radius 2 is 0.557 bits per heavy atom. The minimum absolute atomic E-state index is 0. The Kier molecular flexibility index (Phi) is 23.0. The van der Waals surface area contributed by atoms with E-state index >= 15 is 0 Å². The molecule has 0 amide bonds. The van der Waals surface area contributed by atoms with E-state index < -0.39 is 60.1 Å². The predicted molar refractivity (Wildman–Crippen MR) is 221 cm³/mol. The summed E-state index contributed by atoms with van der Waals surface area (Å²) in [7, 11) is -20.0. The normalized spacial score (nSPS) is 12.8. The first-order valence-corrected chi connectivity index (χ1v) is 23.4. The molecule has 0 spiro atoms. The van der Waals surface area contributed by atoms with Crippen molar-refractivity contribution in [1.82, 2.24) is 0 Å². The van der Waals surface area contributed by atoms with Crippen molar-refractivity contribution in [2.24, 2.45) is 20.5 Å². The minimum atomic E-state index is -5.28. The monoisotopic (exact) mass is 1070 g/mol. The molecule has 0 unspecified atom stereocenters. The third-order valence-electron chi connectivity index (χ3n) is 8.63. The van der Waals surface area contributed by atoms with Crippen molar-refractivity contribution >= 4 is 98.1 Å². The molecule has 0 aliphatic rings. The second-order valence-electron chi connectivity index (χ2n) is 13.1. The maximum atomic E-state index is 12.8.